The summed E-state index contributed by atoms with van der Waals surface area (Å²) in [6.45, 7) is 3.12. The molecule has 0 unspecified atom stereocenters. The van der Waals surface area contributed by atoms with Gasteiger partial charge in [-0.25, -0.2) is 8.78 Å². The van der Waals surface area contributed by atoms with Gasteiger partial charge in [-0.1, -0.05) is 0 Å². The topological polar surface area (TPSA) is 92.1 Å². The van der Waals surface area contributed by atoms with Crippen molar-refractivity contribution in [2.75, 3.05) is 33.4 Å². The van der Waals surface area contributed by atoms with Crippen molar-refractivity contribution in [3.63, 3.8) is 0 Å². The third-order valence-corrected chi connectivity index (χ3v) is 7.44. The van der Waals surface area contributed by atoms with E-state index in [0.717, 1.165) is 22.5 Å². The summed E-state index contributed by atoms with van der Waals surface area (Å²) in [6, 6.07) is 6.68. The minimum Gasteiger partial charge on any atom is -0.497 e. The maximum Gasteiger partial charge on any atom is 0.309 e. The minimum atomic E-state index is -1.32. The zero-order valence-corrected chi connectivity index (χ0v) is 21.3. The summed E-state index contributed by atoms with van der Waals surface area (Å²) < 4.78 is 51.1. The van der Waals surface area contributed by atoms with E-state index in [1.807, 2.05) is 24.0 Å². The second kappa shape index (κ2) is 11.6. The Morgan fingerprint density at radius 1 is 1.18 bits per heavy atom. The van der Waals surface area contributed by atoms with Crippen LogP contribution in [0.1, 0.15) is 42.9 Å². The summed E-state index contributed by atoms with van der Waals surface area (Å²) in [5.41, 5.74) is 1.25. The van der Waals surface area contributed by atoms with Crippen LogP contribution in [-0.4, -0.2) is 59.4 Å². The Kier molecular flexibility index (Phi) is 8.42. The number of likely N-dealkylation sites (tertiary alicyclic amines) is 1. The molecule has 0 saturated carbocycles. The normalized spacial score (nSPS) is 16.4. The van der Waals surface area contributed by atoms with E-state index >= 15 is 0 Å². The highest BCUT2D eigenvalue weighted by Gasteiger charge is 2.41. The predicted molar refractivity (Wildman–Crippen MR) is 135 cm³/mol. The standard InChI is InChI=1S/C28H31F3N2O5/c1-17-16-32-22-4-3-19(37-2)15-20(22)25(17)23(34)5-6-28(27(35)36)7-9-33(10-8-28)11-12-38-24-14-18(29)13-21(30)26(24)31/h3-4,13-16,23,34H,5-12H2,1-2H3,(H,35,36)/t23-/m0/s1. The van der Waals surface area contributed by atoms with Crippen LogP contribution < -0.4 is 9.47 Å². The first kappa shape index (κ1) is 27.7. The number of carboxylic acid groups (broad SMARTS) is 1. The van der Waals surface area contributed by atoms with E-state index in [0.29, 0.717) is 49.9 Å². The first-order valence-electron chi connectivity index (χ1n) is 12.5. The maximum atomic E-state index is 13.8. The number of nitrogens with zero attached hydrogens (tertiary/aromatic N) is 2. The fourth-order valence-electron chi connectivity index (χ4n) is 5.12. The lowest BCUT2D eigenvalue weighted by Crippen LogP contribution is -2.45. The molecule has 0 radical (unpaired) electrons. The summed E-state index contributed by atoms with van der Waals surface area (Å²) in [7, 11) is 1.56. The number of aryl methyl sites for hydroxylation is 1. The molecule has 38 heavy (non-hydrogen) atoms. The van der Waals surface area contributed by atoms with Crippen molar-refractivity contribution >= 4 is 16.9 Å². The predicted octanol–water partition coefficient (Wildman–Crippen LogP) is 5.03. The quantitative estimate of drug-likeness (QED) is 0.354. The van der Waals surface area contributed by atoms with Gasteiger partial charge in [0.2, 0.25) is 5.82 Å². The summed E-state index contributed by atoms with van der Waals surface area (Å²) in [5, 5.41) is 22.0. The average Bonchev–Trinajstić information content (AvgIpc) is 2.90. The van der Waals surface area contributed by atoms with Crippen molar-refractivity contribution in [2.24, 2.45) is 5.41 Å². The fourth-order valence-corrected chi connectivity index (χ4v) is 5.12. The molecule has 10 heteroatoms. The first-order valence-corrected chi connectivity index (χ1v) is 12.5. The Morgan fingerprint density at radius 2 is 1.92 bits per heavy atom. The molecule has 3 aromatic rings. The molecule has 204 valence electrons. The molecule has 0 amide bonds. The van der Waals surface area contributed by atoms with Gasteiger partial charge >= 0.3 is 5.97 Å². The van der Waals surface area contributed by atoms with Gasteiger partial charge < -0.3 is 19.7 Å². The zero-order chi connectivity index (χ0) is 27.4. The molecule has 2 aromatic carbocycles. The second-order valence-electron chi connectivity index (χ2n) is 9.77. The summed E-state index contributed by atoms with van der Waals surface area (Å²) in [4.78, 5) is 18.7. The molecule has 1 saturated heterocycles. The molecular formula is C28H31F3N2O5. The number of hydrogen-bond acceptors (Lipinski definition) is 6. The maximum absolute atomic E-state index is 13.8. The Labute approximate surface area is 218 Å². The molecule has 0 bridgehead atoms. The lowest BCUT2D eigenvalue weighted by molar-refractivity contribution is -0.153. The first-order chi connectivity index (χ1) is 18.1. The Morgan fingerprint density at radius 3 is 2.61 bits per heavy atom. The van der Waals surface area contributed by atoms with Gasteiger partial charge in [0, 0.05) is 30.3 Å². The van der Waals surface area contributed by atoms with Gasteiger partial charge in [-0.3, -0.25) is 14.7 Å². The number of aliphatic hydroxyl groups is 1. The van der Waals surface area contributed by atoms with Crippen LogP contribution in [0.15, 0.2) is 36.5 Å². The van der Waals surface area contributed by atoms with Gasteiger partial charge in [-0.15, -0.1) is 0 Å². The summed E-state index contributed by atoms with van der Waals surface area (Å²) in [5.74, 6) is -4.26. The van der Waals surface area contributed by atoms with Crippen molar-refractivity contribution in [1.82, 2.24) is 9.88 Å². The van der Waals surface area contributed by atoms with Crippen LogP contribution >= 0.6 is 0 Å². The van der Waals surface area contributed by atoms with Gasteiger partial charge in [0.1, 0.15) is 18.2 Å². The molecule has 2 heterocycles. The number of methoxy groups -OCH3 is 1. The molecule has 1 aliphatic rings. The van der Waals surface area contributed by atoms with Crippen molar-refractivity contribution in [3.8, 4) is 11.5 Å². The number of fused-ring (bicyclic) bond motifs is 1. The minimum absolute atomic E-state index is 0.00352. The number of halogens is 3. The van der Waals surface area contributed by atoms with Gasteiger partial charge in [0.15, 0.2) is 11.6 Å². The van der Waals surface area contributed by atoms with Gasteiger partial charge in [0.25, 0.3) is 0 Å². The van der Waals surface area contributed by atoms with Crippen LogP contribution in [0.25, 0.3) is 10.9 Å². The van der Waals surface area contributed by atoms with Crippen LogP contribution in [0.4, 0.5) is 13.2 Å². The molecule has 0 spiro atoms. The molecule has 1 aromatic heterocycles. The lowest BCUT2D eigenvalue weighted by atomic mass is 9.74. The number of rotatable bonds is 10. The molecule has 0 aliphatic carbocycles. The van der Waals surface area contributed by atoms with Crippen LogP contribution in [0, 0.1) is 29.8 Å². The highest BCUT2D eigenvalue weighted by Crippen LogP contribution is 2.40. The molecule has 4 rings (SSSR count). The van der Waals surface area contributed by atoms with Crippen LogP contribution in [0.5, 0.6) is 11.5 Å². The Balaban J connectivity index is 1.37. The largest absolute Gasteiger partial charge is 0.497 e. The van der Waals surface area contributed by atoms with Crippen molar-refractivity contribution in [3.05, 3.63) is 65.1 Å². The Bertz CT molecular complexity index is 1310. The molecule has 1 atom stereocenters. The van der Waals surface area contributed by atoms with Crippen molar-refractivity contribution in [2.45, 2.75) is 38.7 Å². The van der Waals surface area contributed by atoms with Crippen LogP contribution in [-0.2, 0) is 4.79 Å². The SMILES string of the molecule is COc1ccc2ncc(C)c([C@@H](O)CCC3(C(=O)O)CCN(CCOc4cc(F)cc(F)c4F)CC3)c2c1. The number of aliphatic carboxylic acids is 1. The summed E-state index contributed by atoms with van der Waals surface area (Å²) in [6.07, 6.45) is 2.09. The zero-order valence-electron chi connectivity index (χ0n) is 21.3. The number of carbonyl (C=O) groups is 1. The molecule has 1 fully saturated rings. The van der Waals surface area contributed by atoms with Gasteiger partial charge in [0.05, 0.1) is 24.1 Å². The monoisotopic (exact) mass is 532 g/mol. The second-order valence-corrected chi connectivity index (χ2v) is 9.77. The third kappa shape index (κ3) is 5.86. The van der Waals surface area contributed by atoms with Crippen molar-refractivity contribution < 1.29 is 37.7 Å². The number of pyridine rings is 1. The molecule has 1 aliphatic heterocycles. The van der Waals surface area contributed by atoms with E-state index < -0.39 is 40.7 Å². The van der Waals surface area contributed by atoms with E-state index in [-0.39, 0.29) is 19.4 Å². The number of ether oxygens (including phenoxy) is 2. The highest BCUT2D eigenvalue weighted by molar-refractivity contribution is 5.85. The van der Waals surface area contributed by atoms with Crippen LogP contribution in [0.2, 0.25) is 0 Å². The van der Waals surface area contributed by atoms with E-state index in [1.54, 1.807) is 19.4 Å². The molecule has 7 nitrogen and oxygen atoms in total. The van der Waals surface area contributed by atoms with Crippen molar-refractivity contribution in [1.29, 1.82) is 0 Å². The van der Waals surface area contributed by atoms with E-state index in [2.05, 4.69) is 4.98 Å². The van der Waals surface area contributed by atoms with E-state index in [9.17, 15) is 28.2 Å². The van der Waals surface area contributed by atoms with Crippen LogP contribution in [0.3, 0.4) is 0 Å². The Hall–Kier alpha value is -3.37. The van der Waals surface area contributed by atoms with Gasteiger partial charge in [-0.05, 0) is 75.0 Å². The highest BCUT2D eigenvalue weighted by atomic mass is 19.2. The summed E-state index contributed by atoms with van der Waals surface area (Å²) >= 11 is 0. The third-order valence-electron chi connectivity index (χ3n) is 7.44. The number of benzene rings is 2. The van der Waals surface area contributed by atoms with E-state index in [4.69, 9.17) is 9.47 Å². The molecule has 2 N–H and O–H groups in total. The number of carboxylic acids is 1. The smallest absolute Gasteiger partial charge is 0.309 e. The molecular weight excluding hydrogens is 501 g/mol. The fraction of sp³-hybridized carbons (Fsp3) is 0.429. The van der Waals surface area contributed by atoms with Gasteiger partial charge in [-0.2, -0.15) is 4.39 Å². The number of aromatic nitrogens is 1. The number of aliphatic hydroxyl groups excluding tert-OH is 1. The average molecular weight is 533 g/mol. The number of hydrogen-bond donors (Lipinski definition) is 2. The lowest BCUT2D eigenvalue weighted by Gasteiger charge is -2.39. The van der Waals surface area contributed by atoms with E-state index in [1.165, 1.54) is 0 Å². The number of piperidine rings is 1.